The van der Waals surface area contributed by atoms with E-state index in [1.807, 2.05) is 0 Å². The fourth-order valence-electron chi connectivity index (χ4n) is 1.00. The summed E-state index contributed by atoms with van der Waals surface area (Å²) in [6.07, 6.45) is 2.22. The fraction of sp³-hybridized carbons (Fsp3) is 0.667. The van der Waals surface area contributed by atoms with Crippen LogP contribution in [0, 0.1) is 5.41 Å². The second kappa shape index (κ2) is 4.47. The SMILES string of the molecule is CC1=C=C[C](C)([Zr])C1(C)C.Cl.Cl. The maximum Gasteiger partial charge on any atom is -0.147 e. The standard InChI is InChI=1S/C9H13.2ClH.Zr/c1-7-5-6-8(2)9(7,3)4;;;/h5H,1-4H3;2*1H;. The molecule has 1 aliphatic rings. The Bertz CT molecular complexity index is 223. The third kappa shape index (κ3) is 2.27. The van der Waals surface area contributed by atoms with Crippen molar-refractivity contribution in [2.45, 2.75) is 30.8 Å². The maximum absolute atomic E-state index is 3.31. The molecule has 0 N–H and O–H groups in total. The molecule has 0 saturated heterocycles. The minimum atomic E-state index is 0. The summed E-state index contributed by atoms with van der Waals surface area (Å²) in [6.45, 7) is 9.07. The molecule has 0 aromatic heterocycles. The molecule has 0 amide bonds. The summed E-state index contributed by atoms with van der Waals surface area (Å²) in [4.78, 5) is 0. The van der Waals surface area contributed by atoms with Crippen molar-refractivity contribution in [1.82, 2.24) is 0 Å². The number of rotatable bonds is 0. The molecular weight excluding hydrogens is 270 g/mol. The van der Waals surface area contributed by atoms with E-state index in [2.05, 4.69) is 39.5 Å². The van der Waals surface area contributed by atoms with Gasteiger partial charge in [-0.3, -0.25) is 0 Å². The second-order valence-electron chi connectivity index (χ2n) is 3.74. The maximum atomic E-state index is 3.31. The van der Waals surface area contributed by atoms with Crippen molar-refractivity contribution in [3.63, 3.8) is 0 Å². The summed E-state index contributed by atoms with van der Waals surface area (Å²) in [5.74, 6) is 0. The first-order chi connectivity index (χ1) is 4.38. The van der Waals surface area contributed by atoms with E-state index in [1.165, 1.54) is 5.57 Å². The Morgan fingerprint density at radius 2 is 1.67 bits per heavy atom. The Hall–Kier alpha value is 0.983. The molecule has 0 bridgehead atoms. The van der Waals surface area contributed by atoms with E-state index in [4.69, 9.17) is 0 Å². The minimum Gasteiger partial charge on any atom is -0.147 e. The van der Waals surface area contributed by atoms with Gasteiger partial charge in [-0.05, 0) is 0 Å². The van der Waals surface area contributed by atoms with Crippen molar-refractivity contribution in [1.29, 1.82) is 0 Å². The summed E-state index contributed by atoms with van der Waals surface area (Å²) in [5.41, 5.74) is 5.05. The van der Waals surface area contributed by atoms with Crippen LogP contribution in [0.5, 0.6) is 0 Å². The monoisotopic (exact) mass is 283 g/mol. The summed E-state index contributed by atoms with van der Waals surface area (Å²) in [6, 6.07) is 0. The molecule has 3 heteroatoms. The van der Waals surface area contributed by atoms with Crippen molar-refractivity contribution in [3.8, 4) is 0 Å². The van der Waals surface area contributed by atoms with Crippen molar-refractivity contribution < 1.29 is 24.7 Å². The normalized spacial score (nSPS) is 30.1. The quantitative estimate of drug-likeness (QED) is 0.595. The van der Waals surface area contributed by atoms with E-state index in [0.29, 0.717) is 8.54 Å². The van der Waals surface area contributed by atoms with Crippen molar-refractivity contribution >= 4 is 24.8 Å². The molecule has 0 heterocycles. The average molecular weight is 285 g/mol. The number of halogens is 2. The van der Waals surface area contributed by atoms with E-state index in [0.717, 1.165) is 0 Å². The van der Waals surface area contributed by atoms with Gasteiger partial charge in [0.15, 0.2) is 0 Å². The van der Waals surface area contributed by atoms with Gasteiger partial charge in [0, 0.05) is 0 Å². The molecule has 0 spiro atoms. The van der Waals surface area contributed by atoms with Crippen molar-refractivity contribution in [2.75, 3.05) is 0 Å². The molecule has 0 saturated carbocycles. The van der Waals surface area contributed by atoms with Gasteiger partial charge in [-0.25, -0.2) is 0 Å². The molecule has 0 aromatic carbocycles. The van der Waals surface area contributed by atoms with Gasteiger partial charge in [0.25, 0.3) is 0 Å². The van der Waals surface area contributed by atoms with Gasteiger partial charge in [0.2, 0.25) is 0 Å². The zero-order valence-corrected chi connectivity index (χ0v) is 12.0. The van der Waals surface area contributed by atoms with Crippen LogP contribution in [0.4, 0.5) is 0 Å². The van der Waals surface area contributed by atoms with Crippen molar-refractivity contribution in [2.24, 2.45) is 5.41 Å². The zero-order chi connectivity index (χ0) is 7.99. The topological polar surface area (TPSA) is 0 Å². The summed E-state index contributed by atoms with van der Waals surface area (Å²) in [7, 11) is 0. The van der Waals surface area contributed by atoms with Crippen LogP contribution in [0.25, 0.3) is 0 Å². The summed E-state index contributed by atoms with van der Waals surface area (Å²) >= 11 is 1.59. The molecule has 0 aliphatic heterocycles. The third-order valence-electron chi connectivity index (χ3n) is 2.81. The number of allylic oxidation sites excluding steroid dienone is 1. The van der Waals surface area contributed by atoms with E-state index in [9.17, 15) is 0 Å². The Labute approximate surface area is 103 Å². The van der Waals surface area contributed by atoms with E-state index < -0.39 is 0 Å². The second-order valence-corrected chi connectivity index (χ2v) is 6.29. The van der Waals surface area contributed by atoms with E-state index in [-0.39, 0.29) is 24.8 Å². The van der Waals surface area contributed by atoms with Crippen LogP contribution in [-0.4, -0.2) is 0 Å². The van der Waals surface area contributed by atoms with Crippen LogP contribution in [0.1, 0.15) is 27.7 Å². The molecule has 12 heavy (non-hydrogen) atoms. The van der Waals surface area contributed by atoms with E-state index in [1.54, 1.807) is 24.7 Å². The Balaban J connectivity index is 0. The third-order valence-corrected chi connectivity index (χ3v) is 4.70. The fourth-order valence-corrected chi connectivity index (χ4v) is 1.64. The summed E-state index contributed by atoms with van der Waals surface area (Å²) < 4.78 is 0.379. The molecule has 0 aromatic rings. The molecule has 0 radical (unpaired) electrons. The molecule has 1 rings (SSSR count). The first kappa shape index (κ1) is 15.5. The Kier molecular flexibility index (Phi) is 5.76. The molecule has 0 nitrogen and oxygen atoms in total. The predicted molar refractivity (Wildman–Crippen MR) is 53.9 cm³/mol. The number of hydrogen-bond donors (Lipinski definition) is 0. The Morgan fingerprint density at radius 1 is 1.25 bits per heavy atom. The van der Waals surface area contributed by atoms with Crippen LogP contribution in [0.15, 0.2) is 17.4 Å². The zero-order valence-electron chi connectivity index (χ0n) is 7.89. The van der Waals surface area contributed by atoms with Gasteiger partial charge in [-0.2, -0.15) is 0 Å². The van der Waals surface area contributed by atoms with Crippen LogP contribution in [-0.2, 0) is 24.7 Å². The van der Waals surface area contributed by atoms with Crippen molar-refractivity contribution in [3.05, 3.63) is 17.4 Å². The van der Waals surface area contributed by atoms with Crippen LogP contribution < -0.4 is 0 Å². The van der Waals surface area contributed by atoms with Crippen LogP contribution >= 0.6 is 24.8 Å². The average Bonchev–Trinajstić information content (AvgIpc) is 1.94. The van der Waals surface area contributed by atoms with Gasteiger partial charge in [0.05, 0.1) is 0 Å². The molecular formula is C9H15Cl2Zr. The van der Waals surface area contributed by atoms with E-state index >= 15 is 0 Å². The van der Waals surface area contributed by atoms with Gasteiger partial charge < -0.3 is 0 Å². The Morgan fingerprint density at radius 3 is 1.75 bits per heavy atom. The smallest absolute Gasteiger partial charge is 0.147 e. The minimum absolute atomic E-state index is 0. The molecule has 1 atom stereocenters. The number of hydrogen-bond acceptors (Lipinski definition) is 0. The van der Waals surface area contributed by atoms with Gasteiger partial charge >= 0.3 is 78.3 Å². The van der Waals surface area contributed by atoms with Crippen LogP contribution in [0.2, 0.25) is 3.12 Å². The molecule has 1 aliphatic carbocycles. The first-order valence-corrected chi connectivity index (χ1v) is 4.81. The molecule has 1 unspecified atom stereocenters. The van der Waals surface area contributed by atoms with Gasteiger partial charge in [-0.1, -0.05) is 0 Å². The predicted octanol–water partition coefficient (Wildman–Crippen LogP) is 3.70. The first-order valence-electron chi connectivity index (χ1n) is 3.58. The largest absolute Gasteiger partial charge is 0.147 e. The molecule has 69 valence electrons. The molecule has 0 fully saturated rings. The van der Waals surface area contributed by atoms with Gasteiger partial charge in [-0.15, -0.1) is 24.8 Å². The summed E-state index contributed by atoms with van der Waals surface area (Å²) in [5, 5.41) is 0. The van der Waals surface area contributed by atoms with Crippen LogP contribution in [0.3, 0.4) is 0 Å². The van der Waals surface area contributed by atoms with Gasteiger partial charge in [0.1, 0.15) is 0 Å².